The van der Waals surface area contributed by atoms with Crippen molar-refractivity contribution in [3.8, 4) is 5.75 Å². The zero-order valence-electron chi connectivity index (χ0n) is 16.7. The maximum absolute atomic E-state index is 13.3. The van der Waals surface area contributed by atoms with Crippen LogP contribution < -0.4 is 10.1 Å². The number of methoxy groups -OCH3 is 1. The van der Waals surface area contributed by atoms with Crippen LogP contribution in [0.15, 0.2) is 36.4 Å². The Hall–Kier alpha value is -2.50. The van der Waals surface area contributed by atoms with E-state index >= 15 is 0 Å². The molecular formula is C22H22Cl2N2O3. The van der Waals surface area contributed by atoms with Crippen LogP contribution in [-0.2, 0) is 11.2 Å². The average Bonchev–Trinajstić information content (AvgIpc) is 2.94. The third-order valence-electron chi connectivity index (χ3n) is 4.70. The molecule has 0 unspecified atom stereocenters. The van der Waals surface area contributed by atoms with E-state index in [9.17, 15) is 9.59 Å². The number of carbonyl (C=O) groups excluding carboxylic acids is 2. The molecule has 0 radical (unpaired) electrons. The number of carbonyl (C=O) groups is 2. The molecule has 0 atom stereocenters. The summed E-state index contributed by atoms with van der Waals surface area (Å²) in [7, 11) is 1.53. The summed E-state index contributed by atoms with van der Waals surface area (Å²) in [4.78, 5) is 25.8. The lowest BCUT2D eigenvalue weighted by atomic mass is 10.1. The molecule has 0 saturated carbocycles. The first kappa shape index (κ1) is 21.2. The average molecular weight is 433 g/mol. The number of amides is 1. The molecule has 0 spiro atoms. The summed E-state index contributed by atoms with van der Waals surface area (Å²) in [5.41, 5.74) is 2.47. The first-order valence-electron chi connectivity index (χ1n) is 9.20. The highest BCUT2D eigenvalue weighted by Gasteiger charge is 2.24. The minimum absolute atomic E-state index is 0.0110. The second kappa shape index (κ2) is 8.47. The molecule has 0 aliphatic heterocycles. The number of benzene rings is 2. The molecule has 0 bridgehead atoms. The Morgan fingerprint density at radius 2 is 1.76 bits per heavy atom. The first-order valence-corrected chi connectivity index (χ1v) is 9.96. The lowest BCUT2D eigenvalue weighted by Gasteiger charge is -2.10. The molecule has 152 valence electrons. The summed E-state index contributed by atoms with van der Waals surface area (Å²) < 4.78 is 6.93. The smallest absolute Gasteiger partial charge is 0.262 e. The van der Waals surface area contributed by atoms with Crippen molar-refractivity contribution in [2.45, 2.75) is 33.2 Å². The summed E-state index contributed by atoms with van der Waals surface area (Å²) in [6, 6.07) is 10.2. The van der Waals surface area contributed by atoms with E-state index in [0.29, 0.717) is 43.5 Å². The second-order valence-electron chi connectivity index (χ2n) is 7.09. The number of fused-ring (bicyclic) bond motifs is 1. The maximum Gasteiger partial charge on any atom is 0.262 e. The van der Waals surface area contributed by atoms with Gasteiger partial charge in [-0.2, -0.15) is 0 Å². The molecule has 1 amide bonds. The highest BCUT2D eigenvalue weighted by molar-refractivity contribution is 6.37. The Kier molecular flexibility index (Phi) is 6.20. The number of rotatable bonds is 5. The predicted molar refractivity (Wildman–Crippen MR) is 116 cm³/mol. The van der Waals surface area contributed by atoms with Crippen molar-refractivity contribution in [3.05, 3.63) is 63.3 Å². The summed E-state index contributed by atoms with van der Waals surface area (Å²) in [5.74, 6) is 0.127. The lowest BCUT2D eigenvalue weighted by Crippen LogP contribution is -2.31. The van der Waals surface area contributed by atoms with Gasteiger partial charge >= 0.3 is 0 Å². The van der Waals surface area contributed by atoms with Gasteiger partial charge in [-0.05, 0) is 62.7 Å². The van der Waals surface area contributed by atoms with Crippen molar-refractivity contribution in [2.75, 3.05) is 7.11 Å². The topological polar surface area (TPSA) is 60.3 Å². The molecule has 0 aliphatic rings. The fourth-order valence-electron chi connectivity index (χ4n) is 3.41. The van der Waals surface area contributed by atoms with Crippen LogP contribution in [0.4, 0.5) is 0 Å². The molecule has 1 heterocycles. The van der Waals surface area contributed by atoms with Crippen LogP contribution in [0.5, 0.6) is 5.75 Å². The molecular weight excluding hydrogens is 411 g/mol. The number of halogens is 2. The number of ether oxygens (including phenoxy) is 1. The molecule has 3 aromatic rings. The van der Waals surface area contributed by atoms with Gasteiger partial charge in [0.25, 0.3) is 5.91 Å². The standard InChI is InChI=1S/C22H22Cl2N2O3/c1-12(2)25-19(27)11-16-13(3)26(22(28)14-5-7-15(23)8-6-14)17-9-10-18(29-4)21(24)20(16)17/h5-10,12H,11H2,1-4H3,(H,25,27). The summed E-state index contributed by atoms with van der Waals surface area (Å²) >= 11 is 12.5. The van der Waals surface area contributed by atoms with Crippen LogP contribution in [0, 0.1) is 6.92 Å². The molecule has 1 N–H and O–H groups in total. The van der Waals surface area contributed by atoms with Crippen LogP contribution in [0.1, 0.15) is 35.5 Å². The van der Waals surface area contributed by atoms with E-state index < -0.39 is 0 Å². The van der Waals surface area contributed by atoms with Crippen LogP contribution >= 0.6 is 23.2 Å². The molecule has 0 aliphatic carbocycles. The molecule has 5 nitrogen and oxygen atoms in total. The highest BCUT2D eigenvalue weighted by atomic mass is 35.5. The molecule has 7 heteroatoms. The van der Waals surface area contributed by atoms with Gasteiger partial charge < -0.3 is 10.1 Å². The van der Waals surface area contributed by atoms with Crippen molar-refractivity contribution in [1.29, 1.82) is 0 Å². The number of hydrogen-bond donors (Lipinski definition) is 1. The van der Waals surface area contributed by atoms with E-state index in [1.165, 1.54) is 7.11 Å². The maximum atomic E-state index is 13.3. The SMILES string of the molecule is COc1ccc2c(c1Cl)c(CC(=O)NC(C)C)c(C)n2C(=O)c1ccc(Cl)cc1. The number of nitrogens with one attached hydrogen (secondary N) is 1. The lowest BCUT2D eigenvalue weighted by molar-refractivity contribution is -0.120. The Morgan fingerprint density at radius 1 is 1.10 bits per heavy atom. The summed E-state index contributed by atoms with van der Waals surface area (Å²) in [5, 5.41) is 4.46. The predicted octanol–water partition coefficient (Wildman–Crippen LogP) is 5.02. The second-order valence-corrected chi connectivity index (χ2v) is 7.90. The zero-order chi connectivity index (χ0) is 21.3. The quantitative estimate of drug-likeness (QED) is 0.615. The van der Waals surface area contributed by atoms with Crippen molar-refractivity contribution >= 4 is 45.9 Å². The van der Waals surface area contributed by atoms with E-state index in [4.69, 9.17) is 27.9 Å². The normalized spacial score (nSPS) is 11.1. The van der Waals surface area contributed by atoms with Gasteiger partial charge in [-0.3, -0.25) is 14.2 Å². The van der Waals surface area contributed by atoms with E-state index in [2.05, 4.69) is 5.32 Å². The minimum atomic E-state index is -0.221. The third-order valence-corrected chi connectivity index (χ3v) is 5.33. The fourth-order valence-corrected chi connectivity index (χ4v) is 3.88. The molecule has 29 heavy (non-hydrogen) atoms. The number of hydrogen-bond acceptors (Lipinski definition) is 3. The van der Waals surface area contributed by atoms with Crippen molar-refractivity contribution in [3.63, 3.8) is 0 Å². The molecule has 1 aromatic heterocycles. The van der Waals surface area contributed by atoms with Gasteiger partial charge in [-0.25, -0.2) is 0 Å². The monoisotopic (exact) mass is 432 g/mol. The number of nitrogens with zero attached hydrogens (tertiary/aromatic N) is 1. The molecule has 2 aromatic carbocycles. The van der Waals surface area contributed by atoms with E-state index in [1.54, 1.807) is 41.0 Å². The Labute approximate surface area is 179 Å². The van der Waals surface area contributed by atoms with Crippen molar-refractivity contribution < 1.29 is 14.3 Å². The van der Waals surface area contributed by atoms with Crippen molar-refractivity contribution in [2.24, 2.45) is 0 Å². The highest BCUT2D eigenvalue weighted by Crippen LogP contribution is 2.38. The minimum Gasteiger partial charge on any atom is -0.495 e. The van der Waals surface area contributed by atoms with Gasteiger partial charge in [0.05, 0.1) is 24.1 Å². The molecule has 0 fully saturated rings. The zero-order valence-corrected chi connectivity index (χ0v) is 18.2. The van der Waals surface area contributed by atoms with E-state index in [-0.39, 0.29) is 24.3 Å². The fraction of sp³-hybridized carbons (Fsp3) is 0.273. The molecule has 0 saturated heterocycles. The van der Waals surface area contributed by atoms with Gasteiger partial charge in [0.15, 0.2) is 0 Å². The number of aromatic nitrogens is 1. The Bertz CT molecular complexity index is 1090. The largest absolute Gasteiger partial charge is 0.495 e. The Balaban J connectivity index is 2.21. The van der Waals surface area contributed by atoms with Crippen LogP contribution in [0.25, 0.3) is 10.9 Å². The van der Waals surface area contributed by atoms with E-state index in [0.717, 1.165) is 0 Å². The third kappa shape index (κ3) is 4.11. The van der Waals surface area contributed by atoms with Crippen LogP contribution in [-0.4, -0.2) is 29.5 Å². The summed E-state index contributed by atoms with van der Waals surface area (Å²) in [6.45, 7) is 5.61. The van der Waals surface area contributed by atoms with Crippen LogP contribution in [0.2, 0.25) is 10.0 Å². The van der Waals surface area contributed by atoms with E-state index in [1.807, 2.05) is 20.8 Å². The molecule has 3 rings (SSSR count). The van der Waals surface area contributed by atoms with Crippen LogP contribution in [0.3, 0.4) is 0 Å². The van der Waals surface area contributed by atoms with Gasteiger partial charge in [-0.15, -0.1) is 0 Å². The van der Waals surface area contributed by atoms with Gasteiger partial charge in [-0.1, -0.05) is 23.2 Å². The first-order chi connectivity index (χ1) is 13.7. The van der Waals surface area contributed by atoms with Crippen molar-refractivity contribution in [1.82, 2.24) is 9.88 Å². The summed E-state index contributed by atoms with van der Waals surface area (Å²) in [6.07, 6.45) is 0.105. The van der Waals surface area contributed by atoms with Gasteiger partial charge in [0.1, 0.15) is 5.75 Å². The Morgan fingerprint density at radius 3 is 2.34 bits per heavy atom. The van der Waals surface area contributed by atoms with Gasteiger partial charge in [0, 0.05) is 27.7 Å². The van der Waals surface area contributed by atoms with Gasteiger partial charge in [0.2, 0.25) is 5.91 Å².